The highest BCUT2D eigenvalue weighted by Crippen LogP contribution is 2.32. The molecule has 1 aromatic carbocycles. The lowest BCUT2D eigenvalue weighted by atomic mass is 9.97. The molecule has 0 heterocycles. The SMILES string of the molecule is COc1cccc(SC(C)CC(C)(CO)NC2CC2)c1. The summed E-state index contributed by atoms with van der Waals surface area (Å²) in [6, 6.07) is 8.75. The number of benzene rings is 1. The van der Waals surface area contributed by atoms with E-state index in [-0.39, 0.29) is 12.1 Å². The molecule has 2 N–H and O–H groups in total. The molecular formula is C16H25NO2S. The predicted octanol–water partition coefficient (Wildman–Crippen LogP) is 3.07. The van der Waals surface area contributed by atoms with E-state index in [0.717, 1.165) is 12.2 Å². The quantitative estimate of drug-likeness (QED) is 0.723. The standard InChI is InChI=1S/C16H25NO2S/c1-12(10-16(2,11-18)17-13-7-8-13)20-15-6-4-5-14(9-15)19-3/h4-6,9,12-13,17-18H,7-8,10-11H2,1-3H3. The van der Waals surface area contributed by atoms with Crippen molar-refractivity contribution in [2.75, 3.05) is 13.7 Å². The van der Waals surface area contributed by atoms with Gasteiger partial charge in [0.15, 0.2) is 0 Å². The first-order chi connectivity index (χ1) is 9.54. The van der Waals surface area contributed by atoms with E-state index >= 15 is 0 Å². The van der Waals surface area contributed by atoms with E-state index < -0.39 is 0 Å². The number of rotatable bonds is 8. The van der Waals surface area contributed by atoms with E-state index in [1.807, 2.05) is 23.9 Å². The van der Waals surface area contributed by atoms with Crippen LogP contribution in [0.4, 0.5) is 0 Å². The summed E-state index contributed by atoms with van der Waals surface area (Å²) in [6.45, 7) is 4.52. The number of hydrogen-bond donors (Lipinski definition) is 2. The molecule has 1 aliphatic carbocycles. The molecular weight excluding hydrogens is 270 g/mol. The monoisotopic (exact) mass is 295 g/mol. The van der Waals surface area contributed by atoms with Gasteiger partial charge in [0.2, 0.25) is 0 Å². The molecule has 0 radical (unpaired) electrons. The van der Waals surface area contributed by atoms with Crippen molar-refractivity contribution in [1.29, 1.82) is 0 Å². The molecule has 1 saturated carbocycles. The van der Waals surface area contributed by atoms with Crippen molar-refractivity contribution in [3.8, 4) is 5.75 Å². The Morgan fingerprint density at radius 1 is 1.50 bits per heavy atom. The molecule has 20 heavy (non-hydrogen) atoms. The minimum atomic E-state index is -0.174. The van der Waals surface area contributed by atoms with Gasteiger partial charge in [-0.25, -0.2) is 0 Å². The van der Waals surface area contributed by atoms with Crippen molar-refractivity contribution in [3.63, 3.8) is 0 Å². The molecule has 3 nitrogen and oxygen atoms in total. The molecule has 4 heteroatoms. The van der Waals surface area contributed by atoms with Crippen LogP contribution >= 0.6 is 11.8 Å². The summed E-state index contributed by atoms with van der Waals surface area (Å²) in [4.78, 5) is 1.21. The molecule has 0 spiro atoms. The maximum Gasteiger partial charge on any atom is 0.119 e. The van der Waals surface area contributed by atoms with Gasteiger partial charge >= 0.3 is 0 Å². The lowest BCUT2D eigenvalue weighted by molar-refractivity contribution is 0.164. The molecule has 112 valence electrons. The Morgan fingerprint density at radius 3 is 2.85 bits per heavy atom. The highest BCUT2D eigenvalue weighted by Gasteiger charge is 2.33. The molecule has 0 bridgehead atoms. The van der Waals surface area contributed by atoms with Crippen molar-refractivity contribution >= 4 is 11.8 Å². The van der Waals surface area contributed by atoms with Crippen molar-refractivity contribution in [3.05, 3.63) is 24.3 Å². The van der Waals surface area contributed by atoms with Gasteiger partial charge < -0.3 is 15.2 Å². The molecule has 2 atom stereocenters. The predicted molar refractivity (Wildman–Crippen MR) is 84.6 cm³/mol. The van der Waals surface area contributed by atoms with Gasteiger partial charge in [0.05, 0.1) is 13.7 Å². The van der Waals surface area contributed by atoms with Gasteiger partial charge in [0.1, 0.15) is 5.75 Å². The first-order valence-electron chi connectivity index (χ1n) is 7.24. The highest BCUT2D eigenvalue weighted by atomic mass is 32.2. The fourth-order valence-electron chi connectivity index (χ4n) is 2.47. The van der Waals surface area contributed by atoms with Crippen molar-refractivity contribution in [1.82, 2.24) is 5.32 Å². The van der Waals surface area contributed by atoms with Gasteiger partial charge in [-0.1, -0.05) is 13.0 Å². The summed E-state index contributed by atoms with van der Waals surface area (Å²) < 4.78 is 5.25. The zero-order chi connectivity index (χ0) is 14.6. The van der Waals surface area contributed by atoms with Crippen molar-refractivity contribution in [2.24, 2.45) is 0 Å². The zero-order valence-electron chi connectivity index (χ0n) is 12.6. The maximum atomic E-state index is 9.67. The van der Waals surface area contributed by atoms with Crippen LogP contribution in [-0.2, 0) is 0 Å². The Kier molecular flexibility index (Phi) is 5.35. The normalized spacial score (nSPS) is 19.4. The summed E-state index contributed by atoms with van der Waals surface area (Å²) in [5, 5.41) is 13.7. The molecule has 0 aromatic heterocycles. The van der Waals surface area contributed by atoms with Crippen molar-refractivity contribution in [2.45, 2.75) is 54.8 Å². The first kappa shape index (κ1) is 15.7. The van der Waals surface area contributed by atoms with Gasteiger partial charge in [0, 0.05) is 21.7 Å². The second-order valence-corrected chi connectivity index (χ2v) is 7.46. The van der Waals surface area contributed by atoms with Gasteiger partial charge in [0.25, 0.3) is 0 Å². The molecule has 0 aliphatic heterocycles. The Bertz CT molecular complexity index is 436. The van der Waals surface area contributed by atoms with Gasteiger partial charge in [-0.15, -0.1) is 11.8 Å². The number of aliphatic hydroxyl groups is 1. The van der Waals surface area contributed by atoms with Crippen LogP contribution in [-0.4, -0.2) is 35.7 Å². The van der Waals surface area contributed by atoms with Crippen LogP contribution in [0.25, 0.3) is 0 Å². The van der Waals surface area contributed by atoms with E-state index in [2.05, 4.69) is 31.3 Å². The summed E-state index contributed by atoms with van der Waals surface area (Å²) in [5.74, 6) is 0.892. The van der Waals surface area contributed by atoms with Gasteiger partial charge in [-0.2, -0.15) is 0 Å². The Hall–Kier alpha value is -0.710. The van der Waals surface area contributed by atoms with Crippen molar-refractivity contribution < 1.29 is 9.84 Å². The fourth-order valence-corrected chi connectivity index (χ4v) is 3.73. The molecule has 1 fully saturated rings. The van der Waals surface area contributed by atoms with E-state index in [9.17, 15) is 5.11 Å². The van der Waals surface area contributed by atoms with Crippen LogP contribution in [0.15, 0.2) is 29.2 Å². The number of nitrogens with one attached hydrogen (secondary N) is 1. The zero-order valence-corrected chi connectivity index (χ0v) is 13.4. The summed E-state index contributed by atoms with van der Waals surface area (Å²) in [5.41, 5.74) is -0.174. The first-order valence-corrected chi connectivity index (χ1v) is 8.12. The number of methoxy groups -OCH3 is 1. The lowest BCUT2D eigenvalue weighted by Gasteiger charge is -2.31. The summed E-state index contributed by atoms with van der Waals surface area (Å²) in [6.07, 6.45) is 3.43. The topological polar surface area (TPSA) is 41.5 Å². The molecule has 2 rings (SSSR count). The Morgan fingerprint density at radius 2 is 2.25 bits per heavy atom. The van der Waals surface area contributed by atoms with E-state index in [1.165, 1.54) is 17.7 Å². The van der Waals surface area contributed by atoms with E-state index in [0.29, 0.717) is 11.3 Å². The number of thioether (sulfide) groups is 1. The average molecular weight is 295 g/mol. The third-order valence-electron chi connectivity index (χ3n) is 3.60. The van der Waals surface area contributed by atoms with E-state index in [1.54, 1.807) is 7.11 Å². The van der Waals surface area contributed by atoms with Crippen LogP contribution in [0.1, 0.15) is 33.1 Å². The highest BCUT2D eigenvalue weighted by molar-refractivity contribution is 7.99. The second-order valence-electron chi connectivity index (χ2n) is 5.95. The molecule has 1 aliphatic rings. The Balaban J connectivity index is 1.90. The molecule has 2 unspecified atom stereocenters. The number of ether oxygens (including phenoxy) is 1. The van der Waals surface area contributed by atoms with Crippen LogP contribution in [0.5, 0.6) is 5.75 Å². The molecule has 0 saturated heterocycles. The number of aliphatic hydroxyl groups excluding tert-OH is 1. The van der Waals surface area contributed by atoms with Gasteiger partial charge in [-0.05, 0) is 44.4 Å². The smallest absolute Gasteiger partial charge is 0.119 e. The minimum Gasteiger partial charge on any atom is -0.497 e. The van der Waals surface area contributed by atoms with Crippen LogP contribution in [0, 0.1) is 0 Å². The van der Waals surface area contributed by atoms with Crippen LogP contribution in [0.2, 0.25) is 0 Å². The fraction of sp³-hybridized carbons (Fsp3) is 0.625. The van der Waals surface area contributed by atoms with Gasteiger partial charge in [-0.3, -0.25) is 0 Å². The third kappa shape index (κ3) is 4.69. The van der Waals surface area contributed by atoms with Crippen LogP contribution in [0.3, 0.4) is 0 Å². The minimum absolute atomic E-state index is 0.174. The Labute approximate surface area is 126 Å². The lowest BCUT2D eigenvalue weighted by Crippen LogP contribution is -2.48. The second kappa shape index (κ2) is 6.83. The summed E-state index contributed by atoms with van der Waals surface area (Å²) >= 11 is 1.83. The largest absolute Gasteiger partial charge is 0.497 e. The van der Waals surface area contributed by atoms with E-state index in [4.69, 9.17) is 4.74 Å². The molecule has 1 aromatic rings. The van der Waals surface area contributed by atoms with Crippen LogP contribution < -0.4 is 10.1 Å². The molecule has 0 amide bonds. The third-order valence-corrected chi connectivity index (χ3v) is 4.69. The number of hydrogen-bond acceptors (Lipinski definition) is 4. The summed E-state index contributed by atoms with van der Waals surface area (Å²) in [7, 11) is 1.69. The average Bonchev–Trinajstić information content (AvgIpc) is 3.22. The maximum absolute atomic E-state index is 9.67.